The van der Waals surface area contributed by atoms with Crippen molar-refractivity contribution < 1.29 is 5.11 Å². The number of hydrogen-bond donors (Lipinski definition) is 1. The molecule has 2 aromatic rings. The molecule has 15 heavy (non-hydrogen) atoms. The van der Waals surface area contributed by atoms with Gasteiger partial charge in [-0.25, -0.2) is 0 Å². The minimum atomic E-state index is 0.282. The average Bonchev–Trinajstić information content (AvgIpc) is 2.16. The third-order valence-corrected chi connectivity index (χ3v) is 3.05. The highest BCUT2D eigenvalue weighted by Gasteiger charge is 2.10. The van der Waals surface area contributed by atoms with Crippen LogP contribution in [0.5, 0.6) is 5.75 Å². The zero-order valence-electron chi connectivity index (χ0n) is 8.66. The number of rotatable bonds is 1. The highest BCUT2D eigenvalue weighted by Crippen LogP contribution is 2.32. The normalized spacial score (nSPS) is 11.2. The van der Waals surface area contributed by atoms with E-state index >= 15 is 0 Å². The summed E-state index contributed by atoms with van der Waals surface area (Å²) in [6.07, 6.45) is 1.81. The zero-order chi connectivity index (χ0) is 11.0. The molecule has 0 fully saturated rings. The van der Waals surface area contributed by atoms with Gasteiger partial charge in [-0.05, 0) is 45.6 Å². The Balaban J connectivity index is 2.84. The zero-order valence-corrected chi connectivity index (χ0v) is 10.2. The molecule has 1 aromatic carbocycles. The summed E-state index contributed by atoms with van der Waals surface area (Å²) in [6.45, 7) is 4.26. The number of pyridine rings is 1. The maximum absolute atomic E-state index is 9.48. The van der Waals surface area contributed by atoms with E-state index in [0.29, 0.717) is 5.92 Å². The third kappa shape index (κ3) is 1.84. The molecule has 0 amide bonds. The predicted octanol–water partition coefficient (Wildman–Crippen LogP) is 3.83. The Hall–Kier alpha value is -1.09. The molecule has 0 bridgehead atoms. The van der Waals surface area contributed by atoms with Gasteiger partial charge in [-0.15, -0.1) is 0 Å². The van der Waals surface area contributed by atoms with Crippen LogP contribution in [0.25, 0.3) is 10.9 Å². The van der Waals surface area contributed by atoms with Gasteiger partial charge in [0, 0.05) is 16.1 Å². The Morgan fingerprint density at radius 2 is 2.07 bits per heavy atom. The van der Waals surface area contributed by atoms with Gasteiger partial charge in [-0.2, -0.15) is 0 Å². The molecule has 0 aliphatic rings. The third-order valence-electron chi connectivity index (χ3n) is 2.42. The second-order valence-electron chi connectivity index (χ2n) is 3.88. The van der Waals surface area contributed by atoms with Crippen LogP contribution in [0.1, 0.15) is 25.3 Å². The molecule has 2 rings (SSSR count). The van der Waals surface area contributed by atoms with E-state index in [4.69, 9.17) is 0 Å². The highest BCUT2D eigenvalue weighted by atomic mass is 79.9. The molecule has 0 aliphatic heterocycles. The lowest BCUT2D eigenvalue weighted by Crippen LogP contribution is -1.93. The van der Waals surface area contributed by atoms with Gasteiger partial charge in [0.25, 0.3) is 0 Å². The molecule has 1 N–H and O–H groups in total. The molecule has 3 heteroatoms. The first-order valence-electron chi connectivity index (χ1n) is 4.86. The van der Waals surface area contributed by atoms with Gasteiger partial charge in [-0.3, -0.25) is 4.98 Å². The van der Waals surface area contributed by atoms with E-state index in [-0.39, 0.29) is 5.75 Å². The second-order valence-corrected chi connectivity index (χ2v) is 4.73. The number of phenolic OH excluding ortho intramolecular Hbond substituents is 1. The predicted molar refractivity (Wildman–Crippen MR) is 65.2 cm³/mol. The number of phenols is 1. The molecule has 1 heterocycles. The molecule has 78 valence electrons. The van der Waals surface area contributed by atoms with E-state index in [9.17, 15) is 5.11 Å². The average molecular weight is 266 g/mol. The van der Waals surface area contributed by atoms with Crippen molar-refractivity contribution in [3.05, 3.63) is 34.4 Å². The summed E-state index contributed by atoms with van der Waals surface area (Å²) < 4.78 is 0.996. The van der Waals surface area contributed by atoms with Gasteiger partial charge in [-0.1, -0.05) is 13.8 Å². The maximum Gasteiger partial charge on any atom is 0.116 e. The molecule has 0 unspecified atom stereocenters. The molecular formula is C12H12BrNO. The number of nitrogens with zero attached hydrogens (tertiary/aromatic N) is 1. The van der Waals surface area contributed by atoms with Crippen LogP contribution in [0.2, 0.25) is 0 Å². The van der Waals surface area contributed by atoms with Crippen molar-refractivity contribution in [3.63, 3.8) is 0 Å². The molecule has 2 nitrogen and oxygen atoms in total. The summed E-state index contributed by atoms with van der Waals surface area (Å²) in [5.74, 6) is 0.677. The molecule has 0 atom stereocenters. The molecule has 0 saturated heterocycles. The smallest absolute Gasteiger partial charge is 0.116 e. The van der Waals surface area contributed by atoms with E-state index in [1.54, 1.807) is 12.1 Å². The SMILES string of the molecule is CC(C)c1c(Br)cnc2ccc(O)cc12. The van der Waals surface area contributed by atoms with Crippen LogP contribution < -0.4 is 0 Å². The van der Waals surface area contributed by atoms with Crippen LogP contribution in [-0.2, 0) is 0 Å². The summed E-state index contributed by atoms with van der Waals surface area (Å²) in [5, 5.41) is 10.5. The lowest BCUT2D eigenvalue weighted by molar-refractivity contribution is 0.476. The maximum atomic E-state index is 9.48. The van der Waals surface area contributed by atoms with Crippen molar-refractivity contribution in [2.75, 3.05) is 0 Å². The van der Waals surface area contributed by atoms with E-state index in [1.165, 1.54) is 5.56 Å². The molecule has 0 spiro atoms. The van der Waals surface area contributed by atoms with Gasteiger partial charge >= 0.3 is 0 Å². The second kappa shape index (κ2) is 3.81. The summed E-state index contributed by atoms with van der Waals surface area (Å²) in [6, 6.07) is 5.26. The van der Waals surface area contributed by atoms with Crippen molar-refractivity contribution in [2.45, 2.75) is 19.8 Å². The Kier molecular flexibility index (Phi) is 2.65. The van der Waals surface area contributed by atoms with Gasteiger partial charge in [0.1, 0.15) is 5.75 Å². The van der Waals surface area contributed by atoms with Crippen LogP contribution in [0.4, 0.5) is 0 Å². The molecule has 0 aliphatic carbocycles. The fourth-order valence-corrected chi connectivity index (χ4v) is 2.54. The first-order valence-corrected chi connectivity index (χ1v) is 5.66. The van der Waals surface area contributed by atoms with E-state index in [1.807, 2.05) is 12.3 Å². The number of aromatic hydroxyl groups is 1. The van der Waals surface area contributed by atoms with Crippen molar-refractivity contribution >= 4 is 26.8 Å². The van der Waals surface area contributed by atoms with Crippen molar-refractivity contribution in [1.29, 1.82) is 0 Å². The Labute approximate surface area is 97.1 Å². The van der Waals surface area contributed by atoms with Crippen molar-refractivity contribution in [3.8, 4) is 5.75 Å². The van der Waals surface area contributed by atoms with E-state index < -0.39 is 0 Å². The summed E-state index contributed by atoms with van der Waals surface area (Å²) in [7, 11) is 0. The molecule has 0 radical (unpaired) electrons. The molecular weight excluding hydrogens is 254 g/mol. The summed E-state index contributed by atoms with van der Waals surface area (Å²) in [4.78, 5) is 4.31. The van der Waals surface area contributed by atoms with Gasteiger partial charge in [0.15, 0.2) is 0 Å². The Bertz CT molecular complexity index is 503. The Morgan fingerprint density at radius 1 is 1.33 bits per heavy atom. The minimum absolute atomic E-state index is 0.282. The van der Waals surface area contributed by atoms with Gasteiger partial charge < -0.3 is 5.11 Å². The van der Waals surface area contributed by atoms with Crippen molar-refractivity contribution in [2.24, 2.45) is 0 Å². The first kappa shape index (κ1) is 10.4. The standard InChI is InChI=1S/C12H12BrNO/c1-7(2)12-9-5-8(15)3-4-11(9)14-6-10(12)13/h3-7,15H,1-2H3. The number of benzene rings is 1. The van der Waals surface area contributed by atoms with Gasteiger partial charge in [0.05, 0.1) is 5.52 Å². The number of fused-ring (bicyclic) bond motifs is 1. The molecule has 0 saturated carbocycles. The quantitative estimate of drug-likeness (QED) is 0.851. The minimum Gasteiger partial charge on any atom is -0.508 e. The number of halogens is 1. The first-order chi connectivity index (χ1) is 7.09. The molecule has 1 aromatic heterocycles. The van der Waals surface area contributed by atoms with Crippen LogP contribution in [0.15, 0.2) is 28.9 Å². The van der Waals surface area contributed by atoms with Crippen LogP contribution >= 0.6 is 15.9 Å². The van der Waals surface area contributed by atoms with Crippen LogP contribution in [0, 0.1) is 0 Å². The summed E-state index contributed by atoms with van der Waals surface area (Å²) in [5.41, 5.74) is 2.11. The fraction of sp³-hybridized carbons (Fsp3) is 0.250. The largest absolute Gasteiger partial charge is 0.508 e. The van der Waals surface area contributed by atoms with Gasteiger partial charge in [0.2, 0.25) is 0 Å². The fourth-order valence-electron chi connectivity index (χ4n) is 1.76. The van der Waals surface area contributed by atoms with E-state index in [2.05, 4.69) is 34.8 Å². The number of aromatic nitrogens is 1. The lowest BCUT2D eigenvalue weighted by atomic mass is 9.99. The van der Waals surface area contributed by atoms with Crippen LogP contribution in [-0.4, -0.2) is 10.1 Å². The summed E-state index contributed by atoms with van der Waals surface area (Å²) >= 11 is 3.50. The number of hydrogen-bond acceptors (Lipinski definition) is 2. The monoisotopic (exact) mass is 265 g/mol. The van der Waals surface area contributed by atoms with Crippen LogP contribution in [0.3, 0.4) is 0 Å². The van der Waals surface area contributed by atoms with Crippen molar-refractivity contribution in [1.82, 2.24) is 4.98 Å². The lowest BCUT2D eigenvalue weighted by Gasteiger charge is -2.11. The highest BCUT2D eigenvalue weighted by molar-refractivity contribution is 9.10. The Morgan fingerprint density at radius 3 is 2.73 bits per heavy atom. The topological polar surface area (TPSA) is 33.1 Å². The van der Waals surface area contributed by atoms with E-state index in [0.717, 1.165) is 15.4 Å².